The molecule has 2 aliphatic rings. The van der Waals surface area contributed by atoms with Crippen LogP contribution in [0.5, 0.6) is 0 Å². The summed E-state index contributed by atoms with van der Waals surface area (Å²) in [6.07, 6.45) is 9.96. The number of aliphatic carboxylic acids is 1. The Morgan fingerprint density at radius 3 is 2.46 bits per heavy atom. The lowest BCUT2D eigenvalue weighted by Crippen LogP contribution is -2.56. The molecule has 1 aliphatic heterocycles. The SMILES string of the molecule is O=C(NCCc1cnc[nH]1)N[C@H](Cc1ccc(F)cc1)C(=O)N1CCC(C(=O)O)(C2CCCCC2)CC1. The first kappa shape index (κ1) is 26.6. The van der Waals surface area contributed by atoms with Crippen LogP contribution < -0.4 is 10.6 Å². The third-order valence-electron chi connectivity index (χ3n) is 7.97. The first-order chi connectivity index (χ1) is 17.9. The molecule has 4 N–H and O–H groups in total. The van der Waals surface area contributed by atoms with Crippen molar-refractivity contribution in [3.05, 3.63) is 53.9 Å². The highest BCUT2D eigenvalue weighted by Crippen LogP contribution is 2.46. The van der Waals surface area contributed by atoms with Gasteiger partial charge in [-0.3, -0.25) is 9.59 Å². The molecule has 10 heteroatoms. The van der Waals surface area contributed by atoms with Crippen LogP contribution in [-0.2, 0) is 22.4 Å². The second kappa shape index (κ2) is 12.2. The van der Waals surface area contributed by atoms with Gasteiger partial charge in [-0.25, -0.2) is 14.2 Å². The number of carbonyl (C=O) groups excluding carboxylic acids is 2. The number of amides is 3. The van der Waals surface area contributed by atoms with Crippen LogP contribution in [-0.4, -0.2) is 63.6 Å². The molecule has 1 saturated heterocycles. The van der Waals surface area contributed by atoms with Crippen LogP contribution in [0.4, 0.5) is 9.18 Å². The van der Waals surface area contributed by atoms with Crippen molar-refractivity contribution in [2.45, 2.75) is 63.8 Å². The molecule has 1 aliphatic carbocycles. The Kier molecular flexibility index (Phi) is 8.78. The normalized spacial score (nSPS) is 18.7. The number of halogens is 1. The van der Waals surface area contributed by atoms with Crippen molar-refractivity contribution in [2.24, 2.45) is 11.3 Å². The molecule has 4 rings (SSSR count). The van der Waals surface area contributed by atoms with E-state index in [2.05, 4.69) is 20.6 Å². The minimum atomic E-state index is -0.857. The zero-order chi connectivity index (χ0) is 26.3. The molecule has 0 unspecified atom stereocenters. The monoisotopic (exact) mass is 513 g/mol. The third-order valence-corrected chi connectivity index (χ3v) is 7.97. The number of H-pyrrole nitrogens is 1. The summed E-state index contributed by atoms with van der Waals surface area (Å²) < 4.78 is 13.4. The van der Waals surface area contributed by atoms with Gasteiger partial charge in [-0.2, -0.15) is 0 Å². The maximum absolute atomic E-state index is 13.6. The van der Waals surface area contributed by atoms with Gasteiger partial charge in [-0.05, 0) is 49.3 Å². The van der Waals surface area contributed by atoms with Crippen molar-refractivity contribution >= 4 is 17.9 Å². The number of carboxylic acid groups (broad SMARTS) is 1. The molecular weight excluding hydrogens is 477 g/mol. The zero-order valence-corrected chi connectivity index (χ0v) is 21.0. The predicted molar refractivity (Wildman–Crippen MR) is 135 cm³/mol. The van der Waals surface area contributed by atoms with Gasteiger partial charge in [-0.1, -0.05) is 31.4 Å². The van der Waals surface area contributed by atoms with E-state index in [-0.39, 0.29) is 24.1 Å². The standard InChI is InChI=1S/C27H36FN5O4/c28-21-8-6-19(7-9-21)16-23(32-26(37)30-13-10-22-17-29-18-31-22)24(34)33-14-11-27(12-15-33,25(35)36)20-4-2-1-3-5-20/h6-9,17-18,20,23H,1-5,10-16H2,(H,29,31)(H,35,36)(H2,30,32,37)/t23-/m1/s1. The van der Waals surface area contributed by atoms with E-state index in [1.54, 1.807) is 29.6 Å². The topological polar surface area (TPSA) is 127 Å². The number of aromatic amines is 1. The van der Waals surface area contributed by atoms with E-state index in [1.165, 1.54) is 12.1 Å². The van der Waals surface area contributed by atoms with Gasteiger partial charge in [0.15, 0.2) is 0 Å². The van der Waals surface area contributed by atoms with Crippen molar-refractivity contribution in [1.29, 1.82) is 0 Å². The molecule has 1 saturated carbocycles. The summed E-state index contributed by atoms with van der Waals surface area (Å²) in [5.74, 6) is -1.25. The molecule has 200 valence electrons. The van der Waals surface area contributed by atoms with Gasteiger partial charge in [0.1, 0.15) is 11.9 Å². The summed E-state index contributed by atoms with van der Waals surface area (Å²) in [6.45, 7) is 1.03. The molecule has 1 aromatic heterocycles. The second-order valence-corrected chi connectivity index (χ2v) is 10.2. The summed E-state index contributed by atoms with van der Waals surface area (Å²) in [7, 11) is 0. The molecular formula is C27H36FN5O4. The largest absolute Gasteiger partial charge is 0.481 e. The van der Waals surface area contributed by atoms with Gasteiger partial charge >= 0.3 is 12.0 Å². The molecule has 3 amide bonds. The Labute approximate surface area is 216 Å². The fourth-order valence-corrected chi connectivity index (χ4v) is 5.80. The molecule has 2 aromatic rings. The smallest absolute Gasteiger partial charge is 0.315 e. The number of hydrogen-bond donors (Lipinski definition) is 4. The van der Waals surface area contributed by atoms with Crippen molar-refractivity contribution in [3.63, 3.8) is 0 Å². The Morgan fingerprint density at radius 1 is 1.14 bits per heavy atom. The van der Waals surface area contributed by atoms with Crippen LogP contribution in [0.1, 0.15) is 56.2 Å². The second-order valence-electron chi connectivity index (χ2n) is 10.2. The van der Waals surface area contributed by atoms with E-state index in [9.17, 15) is 23.9 Å². The highest BCUT2D eigenvalue weighted by molar-refractivity contribution is 5.87. The number of imidazole rings is 1. The van der Waals surface area contributed by atoms with E-state index >= 15 is 0 Å². The molecule has 1 aromatic carbocycles. The first-order valence-electron chi connectivity index (χ1n) is 13.2. The number of urea groups is 1. The molecule has 37 heavy (non-hydrogen) atoms. The van der Waals surface area contributed by atoms with Crippen LogP contribution in [0.25, 0.3) is 0 Å². The number of hydrogen-bond acceptors (Lipinski definition) is 4. The van der Waals surface area contributed by atoms with Gasteiger partial charge < -0.3 is 25.6 Å². The van der Waals surface area contributed by atoms with Crippen LogP contribution in [0.3, 0.4) is 0 Å². The Balaban J connectivity index is 1.40. The number of benzene rings is 1. The summed E-state index contributed by atoms with van der Waals surface area (Å²) in [5, 5.41) is 15.7. The number of nitrogens with one attached hydrogen (secondary N) is 3. The minimum Gasteiger partial charge on any atom is -0.481 e. The maximum Gasteiger partial charge on any atom is 0.315 e. The van der Waals surface area contributed by atoms with E-state index < -0.39 is 23.5 Å². The maximum atomic E-state index is 13.6. The average molecular weight is 514 g/mol. The molecule has 2 fully saturated rings. The Hall–Kier alpha value is -3.43. The van der Waals surface area contributed by atoms with Crippen molar-refractivity contribution < 1.29 is 23.9 Å². The summed E-state index contributed by atoms with van der Waals surface area (Å²) >= 11 is 0. The Bertz CT molecular complexity index is 1050. The highest BCUT2D eigenvalue weighted by atomic mass is 19.1. The fraction of sp³-hybridized carbons (Fsp3) is 0.556. The lowest BCUT2D eigenvalue weighted by Gasteiger charge is -2.45. The van der Waals surface area contributed by atoms with Gasteiger partial charge in [0, 0.05) is 44.4 Å². The first-order valence-corrected chi connectivity index (χ1v) is 13.2. The van der Waals surface area contributed by atoms with E-state index in [0.29, 0.717) is 38.9 Å². The van der Waals surface area contributed by atoms with Crippen LogP contribution in [0.15, 0.2) is 36.8 Å². The number of aromatic nitrogens is 2. The lowest BCUT2D eigenvalue weighted by atomic mass is 9.64. The number of rotatable bonds is 9. The van der Waals surface area contributed by atoms with Crippen molar-refractivity contribution in [3.8, 4) is 0 Å². The summed E-state index contributed by atoms with van der Waals surface area (Å²) in [5.41, 5.74) is 0.810. The quantitative estimate of drug-likeness (QED) is 0.409. The predicted octanol–water partition coefficient (Wildman–Crippen LogP) is 3.28. The number of carboxylic acids is 1. The van der Waals surface area contributed by atoms with Gasteiger partial charge in [0.25, 0.3) is 0 Å². The molecule has 2 heterocycles. The highest BCUT2D eigenvalue weighted by Gasteiger charge is 2.48. The number of nitrogens with zero attached hydrogens (tertiary/aromatic N) is 2. The van der Waals surface area contributed by atoms with Crippen LogP contribution in [0, 0.1) is 17.2 Å². The van der Waals surface area contributed by atoms with E-state index in [1.807, 2.05) is 0 Å². The molecule has 0 bridgehead atoms. The molecule has 1 atom stereocenters. The zero-order valence-electron chi connectivity index (χ0n) is 21.0. The van der Waals surface area contributed by atoms with Gasteiger partial charge in [0.05, 0.1) is 11.7 Å². The number of piperidine rings is 1. The number of carbonyl (C=O) groups is 3. The summed E-state index contributed by atoms with van der Waals surface area (Å²) in [6, 6.07) is 4.52. The molecule has 9 nitrogen and oxygen atoms in total. The third kappa shape index (κ3) is 6.67. The molecule has 0 radical (unpaired) electrons. The average Bonchev–Trinajstić information content (AvgIpc) is 3.43. The van der Waals surface area contributed by atoms with Gasteiger partial charge in [-0.15, -0.1) is 0 Å². The van der Waals surface area contributed by atoms with E-state index in [4.69, 9.17) is 0 Å². The summed E-state index contributed by atoms with van der Waals surface area (Å²) in [4.78, 5) is 47.2. The van der Waals surface area contributed by atoms with Gasteiger partial charge in [0.2, 0.25) is 5.91 Å². The van der Waals surface area contributed by atoms with Crippen molar-refractivity contribution in [1.82, 2.24) is 25.5 Å². The minimum absolute atomic E-state index is 0.143. The fourth-order valence-electron chi connectivity index (χ4n) is 5.80. The van der Waals surface area contributed by atoms with Crippen LogP contribution in [0.2, 0.25) is 0 Å². The Morgan fingerprint density at radius 2 is 1.84 bits per heavy atom. The van der Waals surface area contributed by atoms with E-state index in [0.717, 1.165) is 43.4 Å². The lowest BCUT2D eigenvalue weighted by molar-refractivity contribution is -0.160. The van der Waals surface area contributed by atoms with Crippen LogP contribution >= 0.6 is 0 Å². The molecule has 0 spiro atoms. The van der Waals surface area contributed by atoms with Crippen molar-refractivity contribution in [2.75, 3.05) is 19.6 Å². The number of likely N-dealkylation sites (tertiary alicyclic amines) is 1.